The molecule has 1 unspecified atom stereocenters. The third-order valence-corrected chi connectivity index (χ3v) is 2.06. The Morgan fingerprint density at radius 3 is 2.53 bits per heavy atom. The van der Waals surface area contributed by atoms with Gasteiger partial charge >= 0.3 is 5.97 Å². The number of carboxylic acids is 1. The third-order valence-electron chi connectivity index (χ3n) is 2.06. The lowest BCUT2D eigenvalue weighted by atomic mass is 10.2. The zero-order valence-corrected chi connectivity index (χ0v) is 8.40. The Bertz CT molecular complexity index is 379. The number of hydrogen-bond acceptors (Lipinski definition) is 3. The van der Waals surface area contributed by atoms with Gasteiger partial charge in [-0.25, -0.2) is 4.79 Å². The zero-order valence-electron chi connectivity index (χ0n) is 8.40. The molecular formula is C11H12N2O2. The first-order chi connectivity index (χ1) is 7.17. The minimum Gasteiger partial charge on any atom is -0.480 e. The monoisotopic (exact) mass is 204 g/mol. The average molecular weight is 204 g/mol. The van der Waals surface area contributed by atoms with Gasteiger partial charge in [-0.15, -0.1) is 0 Å². The second-order valence-corrected chi connectivity index (χ2v) is 3.13. The Morgan fingerprint density at radius 2 is 2.13 bits per heavy atom. The number of carboxylic acid groups (broad SMARTS) is 1. The molecule has 0 saturated heterocycles. The molecular weight excluding hydrogens is 192 g/mol. The fourth-order valence-corrected chi connectivity index (χ4v) is 1.18. The van der Waals surface area contributed by atoms with Crippen molar-refractivity contribution >= 4 is 11.7 Å². The standard InChI is InChI=1S/C11H12N2O2/c1-2-10(11(14)15)13-9-5-3-8(7-12)4-6-9/h3-6,10,13H,2H2,1H3,(H,14,15). The number of hydrogen-bond donors (Lipinski definition) is 2. The van der Waals surface area contributed by atoms with E-state index in [0.717, 1.165) is 0 Å². The smallest absolute Gasteiger partial charge is 0.326 e. The van der Waals surface area contributed by atoms with Crippen LogP contribution in [-0.2, 0) is 4.79 Å². The molecule has 4 nitrogen and oxygen atoms in total. The summed E-state index contributed by atoms with van der Waals surface area (Å²) in [7, 11) is 0. The lowest BCUT2D eigenvalue weighted by molar-refractivity contribution is -0.137. The van der Waals surface area contributed by atoms with Gasteiger partial charge in [-0.2, -0.15) is 5.26 Å². The van der Waals surface area contributed by atoms with Crippen molar-refractivity contribution in [1.82, 2.24) is 0 Å². The van der Waals surface area contributed by atoms with Crippen LogP contribution in [0.15, 0.2) is 24.3 Å². The number of benzene rings is 1. The van der Waals surface area contributed by atoms with Gasteiger partial charge in [0.25, 0.3) is 0 Å². The molecule has 2 N–H and O–H groups in total. The molecule has 1 aromatic rings. The van der Waals surface area contributed by atoms with Gasteiger partial charge in [0.2, 0.25) is 0 Å². The first-order valence-corrected chi connectivity index (χ1v) is 4.67. The SMILES string of the molecule is CCC(Nc1ccc(C#N)cc1)C(=O)O. The summed E-state index contributed by atoms with van der Waals surface area (Å²) in [5.41, 5.74) is 1.27. The fraction of sp³-hybridized carbons (Fsp3) is 0.273. The van der Waals surface area contributed by atoms with E-state index >= 15 is 0 Å². The van der Waals surface area contributed by atoms with Gasteiger partial charge in [0.1, 0.15) is 6.04 Å². The molecule has 0 heterocycles. The Kier molecular flexibility index (Phi) is 3.69. The number of aliphatic carboxylic acids is 1. The van der Waals surface area contributed by atoms with E-state index in [1.807, 2.05) is 6.07 Å². The van der Waals surface area contributed by atoms with Crippen molar-refractivity contribution < 1.29 is 9.90 Å². The van der Waals surface area contributed by atoms with Crippen LogP contribution in [0, 0.1) is 11.3 Å². The van der Waals surface area contributed by atoms with Crippen molar-refractivity contribution in [3.05, 3.63) is 29.8 Å². The Labute approximate surface area is 88.2 Å². The van der Waals surface area contributed by atoms with Crippen LogP contribution in [0.25, 0.3) is 0 Å². The molecule has 0 spiro atoms. The van der Waals surface area contributed by atoms with Crippen molar-refractivity contribution in [3.8, 4) is 6.07 Å². The summed E-state index contributed by atoms with van der Waals surface area (Å²) in [6.07, 6.45) is 0.509. The first kappa shape index (κ1) is 11.1. The number of anilines is 1. The van der Waals surface area contributed by atoms with Crippen molar-refractivity contribution in [2.45, 2.75) is 19.4 Å². The molecule has 0 amide bonds. The van der Waals surface area contributed by atoms with Crippen molar-refractivity contribution in [1.29, 1.82) is 5.26 Å². The molecule has 0 aliphatic rings. The Hall–Kier alpha value is -2.02. The molecule has 0 aliphatic carbocycles. The number of nitriles is 1. The van der Waals surface area contributed by atoms with Crippen LogP contribution in [0.4, 0.5) is 5.69 Å². The van der Waals surface area contributed by atoms with E-state index in [4.69, 9.17) is 10.4 Å². The molecule has 1 rings (SSSR count). The van der Waals surface area contributed by atoms with E-state index in [2.05, 4.69) is 5.32 Å². The van der Waals surface area contributed by atoms with Crippen LogP contribution in [0.2, 0.25) is 0 Å². The van der Waals surface area contributed by atoms with Gasteiger partial charge < -0.3 is 10.4 Å². The highest BCUT2D eigenvalue weighted by Crippen LogP contribution is 2.11. The molecule has 1 atom stereocenters. The van der Waals surface area contributed by atoms with E-state index in [0.29, 0.717) is 17.7 Å². The highest BCUT2D eigenvalue weighted by molar-refractivity contribution is 5.77. The molecule has 0 bridgehead atoms. The van der Waals surface area contributed by atoms with Gasteiger partial charge in [-0.1, -0.05) is 6.92 Å². The van der Waals surface area contributed by atoms with E-state index in [1.165, 1.54) is 0 Å². The summed E-state index contributed by atoms with van der Waals surface area (Å²) in [6, 6.07) is 8.11. The largest absolute Gasteiger partial charge is 0.480 e. The molecule has 1 aromatic carbocycles. The number of nitrogens with zero attached hydrogens (tertiary/aromatic N) is 1. The van der Waals surface area contributed by atoms with Gasteiger partial charge in [0, 0.05) is 5.69 Å². The average Bonchev–Trinajstić information content (AvgIpc) is 2.26. The highest BCUT2D eigenvalue weighted by atomic mass is 16.4. The van der Waals surface area contributed by atoms with Crippen LogP contribution in [0.3, 0.4) is 0 Å². The van der Waals surface area contributed by atoms with Crippen LogP contribution >= 0.6 is 0 Å². The lowest BCUT2D eigenvalue weighted by Crippen LogP contribution is -2.28. The summed E-state index contributed by atoms with van der Waals surface area (Å²) in [4.78, 5) is 10.7. The lowest BCUT2D eigenvalue weighted by Gasteiger charge is -2.13. The van der Waals surface area contributed by atoms with E-state index < -0.39 is 12.0 Å². The maximum atomic E-state index is 10.7. The topological polar surface area (TPSA) is 73.1 Å². The summed E-state index contributed by atoms with van der Waals surface area (Å²) in [6.45, 7) is 1.80. The predicted molar refractivity (Wildman–Crippen MR) is 56.5 cm³/mol. The van der Waals surface area contributed by atoms with Crippen LogP contribution in [-0.4, -0.2) is 17.1 Å². The maximum Gasteiger partial charge on any atom is 0.326 e. The molecule has 0 fully saturated rings. The second kappa shape index (κ2) is 5.01. The summed E-state index contributed by atoms with van der Waals surface area (Å²) < 4.78 is 0. The third kappa shape index (κ3) is 2.99. The van der Waals surface area contributed by atoms with E-state index in [-0.39, 0.29) is 0 Å². The molecule has 0 saturated carbocycles. The van der Waals surface area contributed by atoms with Gasteiger partial charge in [0.05, 0.1) is 11.6 Å². The van der Waals surface area contributed by atoms with Crippen LogP contribution in [0.5, 0.6) is 0 Å². The zero-order chi connectivity index (χ0) is 11.3. The van der Waals surface area contributed by atoms with Gasteiger partial charge in [-0.3, -0.25) is 0 Å². The minimum atomic E-state index is -0.873. The number of rotatable bonds is 4. The minimum absolute atomic E-state index is 0.509. The fourth-order valence-electron chi connectivity index (χ4n) is 1.18. The molecule has 15 heavy (non-hydrogen) atoms. The van der Waals surface area contributed by atoms with E-state index in [1.54, 1.807) is 31.2 Å². The molecule has 0 radical (unpaired) electrons. The Morgan fingerprint density at radius 1 is 1.53 bits per heavy atom. The summed E-state index contributed by atoms with van der Waals surface area (Å²) in [5.74, 6) is -0.873. The number of nitrogens with one attached hydrogen (secondary N) is 1. The normalized spacial score (nSPS) is 11.5. The van der Waals surface area contributed by atoms with Crippen molar-refractivity contribution in [3.63, 3.8) is 0 Å². The Balaban J connectivity index is 2.72. The van der Waals surface area contributed by atoms with Crippen molar-refractivity contribution in [2.24, 2.45) is 0 Å². The quantitative estimate of drug-likeness (QED) is 0.784. The van der Waals surface area contributed by atoms with Crippen LogP contribution < -0.4 is 5.32 Å². The number of carbonyl (C=O) groups is 1. The summed E-state index contributed by atoms with van der Waals surface area (Å²) in [5, 5.41) is 20.3. The molecule has 0 aromatic heterocycles. The van der Waals surface area contributed by atoms with Gasteiger partial charge in [0.15, 0.2) is 0 Å². The highest BCUT2D eigenvalue weighted by Gasteiger charge is 2.13. The van der Waals surface area contributed by atoms with Gasteiger partial charge in [-0.05, 0) is 30.7 Å². The van der Waals surface area contributed by atoms with Crippen molar-refractivity contribution in [2.75, 3.05) is 5.32 Å². The van der Waals surface area contributed by atoms with E-state index in [9.17, 15) is 4.79 Å². The summed E-state index contributed by atoms with van der Waals surface area (Å²) >= 11 is 0. The molecule has 4 heteroatoms. The molecule has 78 valence electrons. The first-order valence-electron chi connectivity index (χ1n) is 4.67. The maximum absolute atomic E-state index is 10.7. The predicted octanol–water partition coefficient (Wildman–Crippen LogP) is 1.83. The van der Waals surface area contributed by atoms with Crippen LogP contribution in [0.1, 0.15) is 18.9 Å². The second-order valence-electron chi connectivity index (χ2n) is 3.13. The molecule has 0 aliphatic heterocycles.